The third-order valence-corrected chi connectivity index (χ3v) is 2.23. The van der Waals surface area contributed by atoms with Crippen LogP contribution in [0, 0.1) is 0 Å². The van der Waals surface area contributed by atoms with Gasteiger partial charge in [0.15, 0.2) is 0 Å². The zero-order chi connectivity index (χ0) is 13.0. The first-order valence-corrected chi connectivity index (χ1v) is 4.97. The molecule has 0 aliphatic carbocycles. The van der Waals surface area contributed by atoms with Crippen LogP contribution in [0.1, 0.15) is 27.7 Å². The summed E-state index contributed by atoms with van der Waals surface area (Å²) < 4.78 is 0. The van der Waals surface area contributed by atoms with Gasteiger partial charge in [0.25, 0.3) is 0 Å². The largest absolute Gasteiger partial charge is 0.510 e. The Bertz CT molecular complexity index is 267. The maximum atomic E-state index is 9.54. The molecular weight excluding hydrogens is 212 g/mol. The van der Waals surface area contributed by atoms with E-state index in [0.717, 1.165) is 0 Å². The third kappa shape index (κ3) is 3.52. The van der Waals surface area contributed by atoms with Crippen LogP contribution >= 0.6 is 0 Å². The summed E-state index contributed by atoms with van der Waals surface area (Å²) in [6.45, 7) is 6.22. The number of rotatable bonds is 4. The molecule has 0 radical (unpaired) electrons. The van der Waals surface area contributed by atoms with Crippen LogP contribution in [0.3, 0.4) is 0 Å². The summed E-state index contributed by atoms with van der Waals surface area (Å²) in [5.41, 5.74) is 0.853. The maximum absolute atomic E-state index is 9.54. The van der Waals surface area contributed by atoms with Crippen LogP contribution in [0.5, 0.6) is 0 Å². The number of allylic oxidation sites excluding steroid dienone is 2. The highest BCUT2D eigenvalue weighted by molar-refractivity contribution is 5.14. The molecule has 2 atom stereocenters. The van der Waals surface area contributed by atoms with Crippen molar-refractivity contribution in [3.63, 3.8) is 0 Å². The highest BCUT2D eigenvalue weighted by Gasteiger charge is 2.30. The van der Waals surface area contributed by atoms with Gasteiger partial charge in [0.1, 0.15) is 29.8 Å². The van der Waals surface area contributed by atoms with E-state index in [0.29, 0.717) is 11.1 Å². The molecule has 0 aromatic heterocycles. The second-order valence-corrected chi connectivity index (χ2v) is 4.15. The van der Waals surface area contributed by atoms with E-state index in [9.17, 15) is 25.5 Å². The average molecular weight is 232 g/mol. The summed E-state index contributed by atoms with van der Waals surface area (Å²) in [6, 6.07) is 0. The quantitative estimate of drug-likeness (QED) is 0.461. The van der Waals surface area contributed by atoms with Crippen molar-refractivity contribution in [2.75, 3.05) is 0 Å². The fraction of sp³-hybridized carbons (Fsp3) is 0.636. The summed E-state index contributed by atoms with van der Waals surface area (Å²) in [4.78, 5) is 0. The molecular formula is C11H20O5. The lowest BCUT2D eigenvalue weighted by Crippen LogP contribution is -2.40. The molecule has 0 amide bonds. The molecule has 0 aliphatic rings. The second-order valence-electron chi connectivity index (χ2n) is 4.15. The first-order chi connectivity index (χ1) is 7.20. The molecule has 2 unspecified atom stereocenters. The molecule has 0 bridgehead atoms. The van der Waals surface area contributed by atoms with E-state index < -0.39 is 29.8 Å². The van der Waals surface area contributed by atoms with Crippen LogP contribution in [0.4, 0.5) is 0 Å². The van der Waals surface area contributed by atoms with Gasteiger partial charge >= 0.3 is 0 Å². The van der Waals surface area contributed by atoms with Crippen molar-refractivity contribution >= 4 is 0 Å². The lowest BCUT2D eigenvalue weighted by molar-refractivity contribution is -0.0564. The van der Waals surface area contributed by atoms with Crippen molar-refractivity contribution in [3.05, 3.63) is 22.7 Å². The van der Waals surface area contributed by atoms with Gasteiger partial charge in [-0.2, -0.15) is 0 Å². The fourth-order valence-corrected chi connectivity index (χ4v) is 1.09. The summed E-state index contributed by atoms with van der Waals surface area (Å²) >= 11 is 0. The van der Waals surface area contributed by atoms with Crippen molar-refractivity contribution in [2.24, 2.45) is 0 Å². The van der Waals surface area contributed by atoms with Crippen LogP contribution in [0.2, 0.25) is 0 Å². The normalized spacial score (nSPS) is 16.2. The molecule has 0 spiro atoms. The van der Waals surface area contributed by atoms with Crippen molar-refractivity contribution in [1.82, 2.24) is 0 Å². The van der Waals surface area contributed by atoms with Crippen molar-refractivity contribution < 1.29 is 25.5 Å². The van der Waals surface area contributed by atoms with Crippen LogP contribution in [-0.2, 0) is 0 Å². The molecule has 0 heterocycles. The lowest BCUT2D eigenvalue weighted by atomic mass is 10.0. The van der Waals surface area contributed by atoms with Gasteiger partial charge in [-0.1, -0.05) is 0 Å². The summed E-state index contributed by atoms with van der Waals surface area (Å²) in [5, 5.41) is 47.3. The average Bonchev–Trinajstić information content (AvgIpc) is 2.23. The lowest BCUT2D eigenvalue weighted by Gasteiger charge is -2.23. The zero-order valence-electron chi connectivity index (χ0n) is 9.97. The van der Waals surface area contributed by atoms with Crippen LogP contribution in [0.15, 0.2) is 22.7 Å². The van der Waals surface area contributed by atoms with Gasteiger partial charge in [-0.15, -0.1) is 0 Å². The molecule has 16 heavy (non-hydrogen) atoms. The van der Waals surface area contributed by atoms with E-state index in [2.05, 4.69) is 0 Å². The van der Waals surface area contributed by atoms with E-state index in [1.54, 1.807) is 27.7 Å². The van der Waals surface area contributed by atoms with Crippen LogP contribution < -0.4 is 0 Å². The molecule has 5 nitrogen and oxygen atoms in total. The molecule has 0 rings (SSSR count). The monoisotopic (exact) mass is 232 g/mol. The topological polar surface area (TPSA) is 101 Å². The Kier molecular flexibility index (Phi) is 5.50. The number of aliphatic hydroxyl groups excluding tert-OH is 5. The van der Waals surface area contributed by atoms with E-state index in [1.165, 1.54) is 0 Å². The Hall–Kier alpha value is -1.04. The zero-order valence-corrected chi connectivity index (χ0v) is 9.97. The van der Waals surface area contributed by atoms with Crippen molar-refractivity contribution in [1.29, 1.82) is 0 Å². The van der Waals surface area contributed by atoms with Gasteiger partial charge in [0, 0.05) is 0 Å². The van der Waals surface area contributed by atoms with Gasteiger partial charge in [-0.05, 0) is 38.8 Å². The molecule has 0 saturated heterocycles. The third-order valence-electron chi connectivity index (χ3n) is 2.23. The van der Waals surface area contributed by atoms with E-state index in [4.69, 9.17) is 0 Å². The molecule has 5 heteroatoms. The van der Waals surface area contributed by atoms with E-state index in [1.807, 2.05) is 0 Å². The summed E-state index contributed by atoms with van der Waals surface area (Å²) in [6.07, 6.45) is -4.92. The van der Waals surface area contributed by atoms with Gasteiger partial charge in [0.05, 0.1) is 0 Å². The Morgan fingerprint density at radius 3 is 1.12 bits per heavy atom. The van der Waals surface area contributed by atoms with Gasteiger partial charge in [-0.3, -0.25) is 0 Å². The molecule has 5 N–H and O–H groups in total. The molecule has 0 aromatic rings. The summed E-state index contributed by atoms with van der Waals surface area (Å²) in [5.74, 6) is -0.818. The molecule has 0 fully saturated rings. The SMILES string of the molecule is CC(C)=C(O)C(O)C(O)C(O)C(O)=C(C)C. The highest BCUT2D eigenvalue weighted by atomic mass is 16.4. The van der Waals surface area contributed by atoms with E-state index in [-0.39, 0.29) is 0 Å². The number of aliphatic hydroxyl groups is 5. The predicted octanol–water partition coefficient (Wildman–Crippen LogP) is 0.773. The minimum atomic E-state index is -1.68. The van der Waals surface area contributed by atoms with Crippen LogP contribution in [0.25, 0.3) is 0 Å². The highest BCUT2D eigenvalue weighted by Crippen LogP contribution is 2.16. The Morgan fingerprint density at radius 2 is 0.938 bits per heavy atom. The molecule has 0 saturated carbocycles. The Labute approximate surface area is 95.0 Å². The Morgan fingerprint density at radius 1 is 0.688 bits per heavy atom. The van der Waals surface area contributed by atoms with Crippen LogP contribution in [-0.4, -0.2) is 43.8 Å². The molecule has 0 aliphatic heterocycles. The second kappa shape index (κ2) is 5.89. The maximum Gasteiger partial charge on any atom is 0.139 e. The van der Waals surface area contributed by atoms with Crippen molar-refractivity contribution in [2.45, 2.75) is 46.0 Å². The smallest absolute Gasteiger partial charge is 0.139 e. The van der Waals surface area contributed by atoms with Gasteiger partial charge < -0.3 is 25.5 Å². The fourth-order valence-electron chi connectivity index (χ4n) is 1.09. The number of hydrogen-bond donors (Lipinski definition) is 5. The first kappa shape index (κ1) is 15.0. The standard InChI is InChI=1S/C11H20O5/c1-5(2)7(12)9(14)11(16)10(15)8(13)6(3)4/h9-16H,1-4H3. The number of hydrogen-bond acceptors (Lipinski definition) is 5. The van der Waals surface area contributed by atoms with E-state index >= 15 is 0 Å². The van der Waals surface area contributed by atoms with Crippen molar-refractivity contribution in [3.8, 4) is 0 Å². The summed E-state index contributed by atoms with van der Waals surface area (Å²) in [7, 11) is 0. The molecule has 94 valence electrons. The first-order valence-electron chi connectivity index (χ1n) is 4.97. The Balaban J connectivity index is 4.89. The molecule has 0 aromatic carbocycles. The van der Waals surface area contributed by atoms with Gasteiger partial charge in [0.2, 0.25) is 0 Å². The van der Waals surface area contributed by atoms with Gasteiger partial charge in [-0.25, -0.2) is 0 Å². The minimum Gasteiger partial charge on any atom is -0.510 e. The predicted molar refractivity (Wildman–Crippen MR) is 60.0 cm³/mol. The minimum absolute atomic E-state index is 0.409.